The fourth-order valence-corrected chi connectivity index (χ4v) is 2.67. The van der Waals surface area contributed by atoms with E-state index in [2.05, 4.69) is 67.7 Å². The Balaban J connectivity index is 1.90. The molecule has 0 saturated heterocycles. The molecule has 3 aromatic rings. The quantitative estimate of drug-likeness (QED) is 0.747. The van der Waals surface area contributed by atoms with Gasteiger partial charge in [0.1, 0.15) is 11.3 Å². The second-order valence-corrected chi connectivity index (χ2v) is 5.42. The Morgan fingerprint density at radius 1 is 1.00 bits per heavy atom. The summed E-state index contributed by atoms with van der Waals surface area (Å²) in [4.78, 5) is 0. The third-order valence-corrected chi connectivity index (χ3v) is 3.89. The van der Waals surface area contributed by atoms with Gasteiger partial charge in [-0.05, 0) is 48.7 Å². The van der Waals surface area contributed by atoms with Crippen molar-refractivity contribution in [3.63, 3.8) is 0 Å². The first-order valence-corrected chi connectivity index (χ1v) is 7.53. The second kappa shape index (κ2) is 6.15. The summed E-state index contributed by atoms with van der Waals surface area (Å²) in [5.74, 6) is 1.05. The van der Waals surface area contributed by atoms with E-state index in [0.29, 0.717) is 0 Å². The maximum absolute atomic E-state index is 5.94. The highest BCUT2D eigenvalue weighted by Gasteiger charge is 2.10. The van der Waals surface area contributed by atoms with Crippen LogP contribution in [-0.4, -0.2) is 6.54 Å². The lowest BCUT2D eigenvalue weighted by Gasteiger charge is -2.02. The number of hydrogen-bond acceptors (Lipinski definition) is 2. The molecule has 0 aliphatic carbocycles. The Morgan fingerprint density at radius 3 is 2.57 bits per heavy atom. The van der Waals surface area contributed by atoms with Crippen molar-refractivity contribution in [2.75, 3.05) is 6.54 Å². The van der Waals surface area contributed by atoms with E-state index in [4.69, 9.17) is 4.42 Å². The first-order valence-electron chi connectivity index (χ1n) is 7.53. The molecule has 0 saturated carbocycles. The largest absolute Gasteiger partial charge is 0.459 e. The van der Waals surface area contributed by atoms with Crippen molar-refractivity contribution in [3.8, 4) is 0 Å². The second-order valence-electron chi connectivity index (χ2n) is 5.42. The molecule has 2 aromatic carbocycles. The SMILES string of the molecule is CCNCc1oc2ccc(Cc3ccccc3)cc2c1C. The standard InChI is InChI=1S/C19H21NO/c1-3-20-13-19-14(2)17-12-16(9-10-18(17)21-19)11-15-7-5-4-6-8-15/h4-10,12,20H,3,11,13H2,1-2H3. The summed E-state index contributed by atoms with van der Waals surface area (Å²) in [7, 11) is 0. The molecule has 0 fully saturated rings. The Bertz CT molecular complexity index is 728. The summed E-state index contributed by atoms with van der Waals surface area (Å²) in [6.45, 7) is 6.00. The minimum absolute atomic E-state index is 0.797. The first kappa shape index (κ1) is 13.9. The van der Waals surface area contributed by atoms with Gasteiger partial charge in [0.2, 0.25) is 0 Å². The zero-order valence-electron chi connectivity index (χ0n) is 12.6. The number of benzene rings is 2. The predicted molar refractivity (Wildman–Crippen MR) is 87.6 cm³/mol. The molecule has 3 rings (SSSR count). The molecule has 0 radical (unpaired) electrons. The van der Waals surface area contributed by atoms with Gasteiger partial charge >= 0.3 is 0 Å². The van der Waals surface area contributed by atoms with E-state index in [-0.39, 0.29) is 0 Å². The molecule has 1 heterocycles. The van der Waals surface area contributed by atoms with Gasteiger partial charge in [0.15, 0.2) is 0 Å². The Labute approximate surface area is 125 Å². The first-order chi connectivity index (χ1) is 10.3. The van der Waals surface area contributed by atoms with Crippen LogP contribution in [0.4, 0.5) is 0 Å². The highest BCUT2D eigenvalue weighted by atomic mass is 16.3. The molecule has 1 aromatic heterocycles. The van der Waals surface area contributed by atoms with Gasteiger partial charge in [0.05, 0.1) is 6.54 Å². The fourth-order valence-electron chi connectivity index (χ4n) is 2.67. The van der Waals surface area contributed by atoms with Crippen molar-refractivity contribution >= 4 is 11.0 Å². The van der Waals surface area contributed by atoms with E-state index in [1.54, 1.807) is 0 Å². The van der Waals surface area contributed by atoms with Crippen LogP contribution in [0.15, 0.2) is 52.9 Å². The molecule has 21 heavy (non-hydrogen) atoms. The minimum Gasteiger partial charge on any atom is -0.459 e. The van der Waals surface area contributed by atoms with Crippen molar-refractivity contribution in [2.24, 2.45) is 0 Å². The van der Waals surface area contributed by atoms with Crippen molar-refractivity contribution in [3.05, 3.63) is 71.0 Å². The molecule has 0 spiro atoms. The van der Waals surface area contributed by atoms with E-state index in [1.807, 2.05) is 0 Å². The van der Waals surface area contributed by atoms with E-state index < -0.39 is 0 Å². The van der Waals surface area contributed by atoms with Gasteiger partial charge in [-0.2, -0.15) is 0 Å². The van der Waals surface area contributed by atoms with Crippen molar-refractivity contribution < 1.29 is 4.42 Å². The zero-order valence-corrected chi connectivity index (χ0v) is 12.6. The molecule has 2 nitrogen and oxygen atoms in total. The summed E-state index contributed by atoms with van der Waals surface area (Å²) in [5, 5.41) is 4.56. The smallest absolute Gasteiger partial charge is 0.134 e. The Kier molecular flexibility index (Phi) is 4.07. The lowest BCUT2D eigenvalue weighted by atomic mass is 10.0. The van der Waals surface area contributed by atoms with E-state index in [0.717, 1.165) is 30.9 Å². The van der Waals surface area contributed by atoms with Crippen LogP contribution in [0, 0.1) is 6.92 Å². The summed E-state index contributed by atoms with van der Waals surface area (Å²) >= 11 is 0. The van der Waals surface area contributed by atoms with Gasteiger partial charge in [0, 0.05) is 5.39 Å². The lowest BCUT2D eigenvalue weighted by molar-refractivity contribution is 0.516. The minimum atomic E-state index is 0.797. The lowest BCUT2D eigenvalue weighted by Crippen LogP contribution is -2.11. The topological polar surface area (TPSA) is 25.2 Å². The Morgan fingerprint density at radius 2 is 1.81 bits per heavy atom. The van der Waals surface area contributed by atoms with Crippen LogP contribution in [0.1, 0.15) is 29.4 Å². The normalized spacial score (nSPS) is 11.1. The van der Waals surface area contributed by atoms with Gasteiger partial charge in [-0.3, -0.25) is 0 Å². The zero-order chi connectivity index (χ0) is 14.7. The van der Waals surface area contributed by atoms with Gasteiger partial charge < -0.3 is 9.73 Å². The van der Waals surface area contributed by atoms with Crippen LogP contribution in [0.5, 0.6) is 0 Å². The predicted octanol–water partition coefficient (Wildman–Crippen LogP) is 4.44. The van der Waals surface area contributed by atoms with Gasteiger partial charge in [-0.15, -0.1) is 0 Å². The summed E-state index contributed by atoms with van der Waals surface area (Å²) in [5.41, 5.74) is 4.90. The number of fused-ring (bicyclic) bond motifs is 1. The van der Waals surface area contributed by atoms with Gasteiger partial charge in [0.25, 0.3) is 0 Å². The monoisotopic (exact) mass is 279 g/mol. The van der Waals surface area contributed by atoms with E-state index >= 15 is 0 Å². The molecular formula is C19H21NO. The summed E-state index contributed by atoms with van der Waals surface area (Å²) < 4.78 is 5.94. The number of hydrogen-bond donors (Lipinski definition) is 1. The molecule has 0 aliphatic rings. The third-order valence-electron chi connectivity index (χ3n) is 3.89. The number of nitrogens with one attached hydrogen (secondary N) is 1. The average molecular weight is 279 g/mol. The molecular weight excluding hydrogens is 258 g/mol. The highest BCUT2D eigenvalue weighted by Crippen LogP contribution is 2.27. The number of furan rings is 1. The molecule has 0 bridgehead atoms. The summed E-state index contributed by atoms with van der Waals surface area (Å²) in [6, 6.07) is 17.1. The Hall–Kier alpha value is -2.06. The average Bonchev–Trinajstić information content (AvgIpc) is 2.83. The van der Waals surface area contributed by atoms with Crippen LogP contribution in [0.25, 0.3) is 11.0 Å². The highest BCUT2D eigenvalue weighted by molar-refractivity contribution is 5.82. The van der Waals surface area contributed by atoms with Crippen molar-refractivity contribution in [1.29, 1.82) is 0 Å². The van der Waals surface area contributed by atoms with E-state index in [9.17, 15) is 0 Å². The molecule has 2 heteroatoms. The van der Waals surface area contributed by atoms with Crippen LogP contribution in [-0.2, 0) is 13.0 Å². The van der Waals surface area contributed by atoms with Crippen LogP contribution >= 0.6 is 0 Å². The third kappa shape index (κ3) is 3.01. The van der Waals surface area contributed by atoms with Crippen molar-refractivity contribution in [2.45, 2.75) is 26.8 Å². The molecule has 0 unspecified atom stereocenters. The molecule has 1 N–H and O–H groups in total. The summed E-state index contributed by atoms with van der Waals surface area (Å²) in [6.07, 6.45) is 0.962. The molecule has 0 aliphatic heterocycles. The molecule has 108 valence electrons. The van der Waals surface area contributed by atoms with Crippen LogP contribution in [0.2, 0.25) is 0 Å². The maximum Gasteiger partial charge on any atom is 0.134 e. The van der Waals surface area contributed by atoms with Gasteiger partial charge in [-0.25, -0.2) is 0 Å². The van der Waals surface area contributed by atoms with E-state index in [1.165, 1.54) is 22.1 Å². The number of rotatable bonds is 5. The van der Waals surface area contributed by atoms with Crippen molar-refractivity contribution in [1.82, 2.24) is 5.32 Å². The van der Waals surface area contributed by atoms with Gasteiger partial charge in [-0.1, -0.05) is 43.3 Å². The fraction of sp³-hybridized carbons (Fsp3) is 0.263. The maximum atomic E-state index is 5.94. The molecule has 0 atom stereocenters. The number of aryl methyl sites for hydroxylation is 1. The molecule has 0 amide bonds. The van der Waals surface area contributed by atoms with Crippen LogP contribution in [0.3, 0.4) is 0 Å². The van der Waals surface area contributed by atoms with Crippen LogP contribution < -0.4 is 5.32 Å².